The molecule has 1 heterocycles. The maximum Gasteiger partial charge on any atom is 0.266 e. The lowest BCUT2D eigenvalue weighted by molar-refractivity contribution is 0.1000. The zero-order valence-corrected chi connectivity index (χ0v) is 6.18. The summed E-state index contributed by atoms with van der Waals surface area (Å²) in [6.07, 6.45) is 1.22. The molecular formula is C6H5ClN2O2. The third-order valence-electron chi connectivity index (χ3n) is 1.14. The number of hydrogen-bond donors (Lipinski definition) is 2. The SMILES string of the molecule is NC(=O)c1c[nH]c(=O)c(Cl)c1. The molecule has 4 nitrogen and oxygen atoms in total. The minimum absolute atomic E-state index is 0.0405. The molecule has 0 radical (unpaired) electrons. The summed E-state index contributed by atoms with van der Waals surface area (Å²) in [7, 11) is 0. The Labute approximate surface area is 67.0 Å². The largest absolute Gasteiger partial charge is 0.366 e. The van der Waals surface area contributed by atoms with Crippen LogP contribution in [0.5, 0.6) is 0 Å². The number of aromatic amines is 1. The van der Waals surface area contributed by atoms with E-state index in [4.69, 9.17) is 17.3 Å². The smallest absolute Gasteiger partial charge is 0.266 e. The third kappa shape index (κ3) is 1.59. The second-order valence-corrected chi connectivity index (χ2v) is 2.34. The van der Waals surface area contributed by atoms with Crippen molar-refractivity contribution >= 4 is 17.5 Å². The molecule has 1 aromatic rings. The first kappa shape index (κ1) is 7.81. The van der Waals surface area contributed by atoms with Crippen LogP contribution in [0.15, 0.2) is 17.1 Å². The molecule has 58 valence electrons. The summed E-state index contributed by atoms with van der Waals surface area (Å²) >= 11 is 5.41. The maximum atomic E-state index is 10.7. The van der Waals surface area contributed by atoms with E-state index < -0.39 is 11.5 Å². The van der Waals surface area contributed by atoms with E-state index in [1.165, 1.54) is 12.3 Å². The van der Waals surface area contributed by atoms with Crippen LogP contribution in [-0.4, -0.2) is 10.9 Å². The highest BCUT2D eigenvalue weighted by molar-refractivity contribution is 6.30. The number of carbonyl (C=O) groups is 1. The normalized spacial score (nSPS) is 9.55. The topological polar surface area (TPSA) is 76.0 Å². The van der Waals surface area contributed by atoms with Crippen LogP contribution in [0.4, 0.5) is 0 Å². The number of halogens is 1. The number of carbonyl (C=O) groups excluding carboxylic acids is 1. The lowest BCUT2D eigenvalue weighted by Gasteiger charge is -1.93. The van der Waals surface area contributed by atoms with Crippen molar-refractivity contribution in [2.45, 2.75) is 0 Å². The number of primary amides is 1. The lowest BCUT2D eigenvalue weighted by Crippen LogP contribution is -2.14. The predicted molar refractivity (Wildman–Crippen MR) is 40.6 cm³/mol. The molecule has 1 rings (SSSR count). The molecule has 0 saturated carbocycles. The Morgan fingerprint density at radius 3 is 2.73 bits per heavy atom. The highest BCUT2D eigenvalue weighted by Gasteiger charge is 2.02. The summed E-state index contributed by atoms with van der Waals surface area (Å²) in [5.41, 5.74) is 4.67. The molecule has 0 aromatic carbocycles. The minimum Gasteiger partial charge on any atom is -0.366 e. The highest BCUT2D eigenvalue weighted by atomic mass is 35.5. The summed E-state index contributed by atoms with van der Waals surface area (Å²) in [4.78, 5) is 23.4. The molecule has 0 aliphatic carbocycles. The molecule has 11 heavy (non-hydrogen) atoms. The monoisotopic (exact) mass is 172 g/mol. The van der Waals surface area contributed by atoms with E-state index in [1.807, 2.05) is 0 Å². The number of pyridine rings is 1. The maximum absolute atomic E-state index is 10.7. The first-order valence-corrected chi connectivity index (χ1v) is 3.17. The van der Waals surface area contributed by atoms with Gasteiger partial charge in [0.25, 0.3) is 5.56 Å². The summed E-state index contributed by atoms with van der Waals surface area (Å²) in [6.45, 7) is 0. The van der Waals surface area contributed by atoms with Gasteiger partial charge in [-0.25, -0.2) is 0 Å². The van der Waals surface area contributed by atoms with Crippen molar-refractivity contribution in [3.05, 3.63) is 33.2 Å². The number of nitrogens with two attached hydrogens (primary N) is 1. The average molecular weight is 173 g/mol. The van der Waals surface area contributed by atoms with E-state index in [1.54, 1.807) is 0 Å². The molecule has 0 unspecified atom stereocenters. The summed E-state index contributed by atoms with van der Waals surface area (Å²) in [6, 6.07) is 1.22. The third-order valence-corrected chi connectivity index (χ3v) is 1.42. The molecule has 0 fully saturated rings. The predicted octanol–water partition coefficient (Wildman–Crippen LogP) is 0.127. The van der Waals surface area contributed by atoms with Crippen LogP contribution in [0.3, 0.4) is 0 Å². The number of rotatable bonds is 1. The van der Waals surface area contributed by atoms with Gasteiger partial charge < -0.3 is 10.7 Å². The number of nitrogens with one attached hydrogen (secondary N) is 1. The van der Waals surface area contributed by atoms with Gasteiger partial charge in [0.1, 0.15) is 5.02 Å². The lowest BCUT2D eigenvalue weighted by atomic mass is 10.3. The first-order chi connectivity index (χ1) is 5.11. The van der Waals surface area contributed by atoms with Gasteiger partial charge in [0.2, 0.25) is 5.91 Å². The molecule has 0 aliphatic rings. The second kappa shape index (κ2) is 2.75. The van der Waals surface area contributed by atoms with Gasteiger partial charge in [-0.05, 0) is 6.07 Å². The van der Waals surface area contributed by atoms with Crippen LogP contribution < -0.4 is 11.3 Å². The molecule has 0 bridgehead atoms. The van der Waals surface area contributed by atoms with Gasteiger partial charge in [0, 0.05) is 6.20 Å². The average Bonchev–Trinajstić information content (AvgIpc) is 1.94. The zero-order valence-electron chi connectivity index (χ0n) is 5.43. The van der Waals surface area contributed by atoms with Crippen molar-refractivity contribution in [3.63, 3.8) is 0 Å². The van der Waals surface area contributed by atoms with Crippen LogP contribution in [-0.2, 0) is 0 Å². The van der Waals surface area contributed by atoms with Gasteiger partial charge in [-0.2, -0.15) is 0 Å². The van der Waals surface area contributed by atoms with Crippen molar-refractivity contribution < 1.29 is 4.79 Å². The quantitative estimate of drug-likeness (QED) is 0.632. The van der Waals surface area contributed by atoms with Gasteiger partial charge in [-0.15, -0.1) is 0 Å². The van der Waals surface area contributed by atoms with Crippen LogP contribution >= 0.6 is 11.6 Å². The zero-order chi connectivity index (χ0) is 8.43. The van der Waals surface area contributed by atoms with Gasteiger partial charge in [-0.1, -0.05) is 11.6 Å². The molecule has 0 spiro atoms. The Morgan fingerprint density at radius 1 is 1.64 bits per heavy atom. The second-order valence-electron chi connectivity index (χ2n) is 1.93. The fourth-order valence-electron chi connectivity index (χ4n) is 0.598. The standard InChI is InChI=1S/C6H5ClN2O2/c7-4-1-3(5(8)10)2-9-6(4)11/h1-2H,(H2,8,10)(H,9,11). The van der Waals surface area contributed by atoms with Crippen molar-refractivity contribution in [1.29, 1.82) is 0 Å². The molecule has 3 N–H and O–H groups in total. The summed E-state index contributed by atoms with van der Waals surface area (Å²) in [5.74, 6) is -0.622. The molecule has 5 heteroatoms. The van der Waals surface area contributed by atoms with Crippen LogP contribution in [0.25, 0.3) is 0 Å². The Bertz CT molecular complexity index is 345. The highest BCUT2D eigenvalue weighted by Crippen LogP contribution is 2.02. The number of H-pyrrole nitrogens is 1. The van der Waals surface area contributed by atoms with Crippen LogP contribution in [0, 0.1) is 0 Å². The van der Waals surface area contributed by atoms with Crippen molar-refractivity contribution in [3.8, 4) is 0 Å². The van der Waals surface area contributed by atoms with Gasteiger partial charge in [0.15, 0.2) is 0 Å². The Balaban J connectivity index is 3.26. The molecule has 1 amide bonds. The van der Waals surface area contributed by atoms with Crippen molar-refractivity contribution in [2.75, 3.05) is 0 Å². The van der Waals surface area contributed by atoms with E-state index in [0.717, 1.165) is 0 Å². The van der Waals surface area contributed by atoms with Gasteiger partial charge in [0.05, 0.1) is 5.56 Å². The Hall–Kier alpha value is -1.29. The molecule has 0 saturated heterocycles. The number of aromatic nitrogens is 1. The molecule has 0 aliphatic heterocycles. The van der Waals surface area contributed by atoms with Crippen LogP contribution in [0.2, 0.25) is 5.02 Å². The Kier molecular flexibility index (Phi) is 1.96. The van der Waals surface area contributed by atoms with E-state index >= 15 is 0 Å². The fourth-order valence-corrected chi connectivity index (χ4v) is 0.770. The summed E-state index contributed by atoms with van der Waals surface area (Å²) < 4.78 is 0. The molecular weight excluding hydrogens is 168 g/mol. The number of hydrogen-bond acceptors (Lipinski definition) is 2. The summed E-state index contributed by atoms with van der Waals surface area (Å²) in [5, 5.41) is -0.0405. The molecule has 1 aromatic heterocycles. The minimum atomic E-state index is -0.622. The van der Waals surface area contributed by atoms with Crippen molar-refractivity contribution in [2.24, 2.45) is 5.73 Å². The van der Waals surface area contributed by atoms with E-state index in [9.17, 15) is 9.59 Å². The van der Waals surface area contributed by atoms with Gasteiger partial charge >= 0.3 is 0 Å². The van der Waals surface area contributed by atoms with E-state index in [-0.39, 0.29) is 10.6 Å². The molecule has 0 atom stereocenters. The first-order valence-electron chi connectivity index (χ1n) is 2.79. The van der Waals surface area contributed by atoms with E-state index in [0.29, 0.717) is 0 Å². The van der Waals surface area contributed by atoms with Gasteiger partial charge in [-0.3, -0.25) is 9.59 Å². The van der Waals surface area contributed by atoms with E-state index in [2.05, 4.69) is 4.98 Å². The van der Waals surface area contributed by atoms with Crippen molar-refractivity contribution in [1.82, 2.24) is 4.98 Å². The Morgan fingerprint density at radius 2 is 2.27 bits per heavy atom. The number of amides is 1. The van der Waals surface area contributed by atoms with Crippen LogP contribution in [0.1, 0.15) is 10.4 Å². The fraction of sp³-hybridized carbons (Fsp3) is 0.